The number of para-hydroxylation sites is 2. The summed E-state index contributed by atoms with van der Waals surface area (Å²) >= 11 is 1.62. The highest BCUT2D eigenvalue weighted by molar-refractivity contribution is 7.99. The van der Waals surface area contributed by atoms with Crippen LogP contribution in [-0.4, -0.2) is 12.5 Å². The van der Waals surface area contributed by atoms with E-state index in [1.54, 1.807) is 17.8 Å². The predicted molar refractivity (Wildman–Crippen MR) is 138 cm³/mol. The zero-order valence-corrected chi connectivity index (χ0v) is 20.1. The van der Waals surface area contributed by atoms with Gasteiger partial charge >= 0.3 is 0 Å². The Balaban J connectivity index is 1.53. The molecule has 5 heteroatoms. The van der Waals surface area contributed by atoms with Crippen molar-refractivity contribution in [3.05, 3.63) is 114 Å². The fourth-order valence-electron chi connectivity index (χ4n) is 3.47. The highest BCUT2D eigenvalue weighted by atomic mass is 32.2. The molecule has 0 radical (unpaired) electrons. The molecule has 4 nitrogen and oxygen atoms in total. The van der Waals surface area contributed by atoms with Gasteiger partial charge < -0.3 is 14.8 Å². The van der Waals surface area contributed by atoms with E-state index >= 15 is 0 Å². The molecule has 0 fully saturated rings. The lowest BCUT2D eigenvalue weighted by Crippen LogP contribution is -2.13. The summed E-state index contributed by atoms with van der Waals surface area (Å²) < 4.78 is 11.8. The summed E-state index contributed by atoms with van der Waals surface area (Å²) in [5.41, 5.74) is 3.20. The van der Waals surface area contributed by atoms with Crippen LogP contribution in [0, 0.1) is 6.92 Å². The minimum absolute atomic E-state index is 0.179. The van der Waals surface area contributed by atoms with Crippen molar-refractivity contribution < 1.29 is 14.3 Å². The van der Waals surface area contributed by atoms with Crippen LogP contribution >= 0.6 is 11.8 Å². The molecule has 1 N–H and O–H groups in total. The van der Waals surface area contributed by atoms with Crippen LogP contribution in [0.2, 0.25) is 0 Å². The van der Waals surface area contributed by atoms with Gasteiger partial charge in [0.1, 0.15) is 18.1 Å². The van der Waals surface area contributed by atoms with Crippen molar-refractivity contribution in [2.75, 3.05) is 11.9 Å². The second kappa shape index (κ2) is 11.4. The predicted octanol–water partition coefficient (Wildman–Crippen LogP) is 7.38. The average Bonchev–Trinajstić information content (AvgIpc) is 2.86. The maximum Gasteiger partial charge on any atom is 0.255 e. The SMILES string of the molecule is CCOc1ccc(C(=O)Nc2ccccc2Sc2ccccc2)cc1COc1ccccc1C. The summed E-state index contributed by atoms with van der Waals surface area (Å²) in [7, 11) is 0. The molecule has 4 aromatic carbocycles. The Morgan fingerprint density at radius 1 is 0.824 bits per heavy atom. The molecule has 0 saturated carbocycles. The highest BCUT2D eigenvalue weighted by Gasteiger charge is 2.14. The van der Waals surface area contributed by atoms with Gasteiger partial charge in [-0.05, 0) is 67.9 Å². The molecule has 0 spiro atoms. The third kappa shape index (κ3) is 6.00. The van der Waals surface area contributed by atoms with E-state index < -0.39 is 0 Å². The van der Waals surface area contributed by atoms with Crippen molar-refractivity contribution in [1.29, 1.82) is 0 Å². The first-order chi connectivity index (χ1) is 16.6. The molecule has 34 heavy (non-hydrogen) atoms. The van der Waals surface area contributed by atoms with Crippen LogP contribution in [0.4, 0.5) is 5.69 Å². The number of ether oxygens (including phenoxy) is 2. The zero-order chi connectivity index (χ0) is 23.8. The molecule has 0 saturated heterocycles. The summed E-state index contributed by atoms with van der Waals surface area (Å²) in [6.07, 6.45) is 0. The van der Waals surface area contributed by atoms with Gasteiger partial charge in [0.15, 0.2) is 0 Å². The normalized spacial score (nSPS) is 10.5. The van der Waals surface area contributed by atoms with E-state index in [-0.39, 0.29) is 5.91 Å². The summed E-state index contributed by atoms with van der Waals surface area (Å²) in [4.78, 5) is 15.3. The molecule has 1 amide bonds. The molecular formula is C29H27NO3S. The Kier molecular flexibility index (Phi) is 7.89. The number of amides is 1. The Bertz CT molecular complexity index is 1260. The van der Waals surface area contributed by atoms with Crippen molar-refractivity contribution in [3.8, 4) is 11.5 Å². The smallest absolute Gasteiger partial charge is 0.255 e. The number of rotatable bonds is 9. The Labute approximate surface area is 204 Å². The minimum Gasteiger partial charge on any atom is -0.493 e. The molecule has 4 aromatic rings. The van der Waals surface area contributed by atoms with Crippen molar-refractivity contribution in [3.63, 3.8) is 0 Å². The van der Waals surface area contributed by atoms with Crippen LogP contribution in [0.1, 0.15) is 28.4 Å². The molecule has 0 bridgehead atoms. The summed E-state index contributed by atoms with van der Waals surface area (Å²) in [6, 6.07) is 31.2. The summed E-state index contributed by atoms with van der Waals surface area (Å²) in [6.45, 7) is 4.79. The lowest BCUT2D eigenvalue weighted by atomic mass is 10.1. The van der Waals surface area contributed by atoms with Crippen molar-refractivity contribution in [2.24, 2.45) is 0 Å². The van der Waals surface area contributed by atoms with Gasteiger partial charge in [-0.1, -0.05) is 60.3 Å². The number of benzene rings is 4. The van der Waals surface area contributed by atoms with E-state index in [1.165, 1.54) is 0 Å². The summed E-state index contributed by atoms with van der Waals surface area (Å²) in [5, 5.41) is 3.07. The number of carbonyl (C=O) groups is 1. The lowest BCUT2D eigenvalue weighted by Gasteiger charge is -2.15. The first-order valence-electron chi connectivity index (χ1n) is 11.2. The van der Waals surface area contributed by atoms with Gasteiger partial charge in [-0.25, -0.2) is 0 Å². The van der Waals surface area contributed by atoms with Crippen LogP contribution in [0.5, 0.6) is 11.5 Å². The fraction of sp³-hybridized carbons (Fsp3) is 0.138. The molecule has 0 atom stereocenters. The van der Waals surface area contributed by atoms with E-state index in [0.717, 1.165) is 32.4 Å². The van der Waals surface area contributed by atoms with Gasteiger partial charge in [0.05, 0.1) is 12.3 Å². The van der Waals surface area contributed by atoms with E-state index in [0.29, 0.717) is 24.5 Å². The topological polar surface area (TPSA) is 47.6 Å². The van der Waals surface area contributed by atoms with Gasteiger partial charge in [0.25, 0.3) is 5.91 Å². The zero-order valence-electron chi connectivity index (χ0n) is 19.3. The third-order valence-electron chi connectivity index (χ3n) is 5.21. The maximum absolute atomic E-state index is 13.2. The molecular weight excluding hydrogens is 442 g/mol. The van der Waals surface area contributed by atoms with E-state index in [1.807, 2.05) is 92.7 Å². The Morgan fingerprint density at radius 2 is 1.56 bits per heavy atom. The van der Waals surface area contributed by atoms with Gasteiger partial charge in [-0.2, -0.15) is 0 Å². The molecule has 0 heterocycles. The Hall–Kier alpha value is -3.70. The van der Waals surface area contributed by atoms with Crippen LogP contribution in [0.3, 0.4) is 0 Å². The van der Waals surface area contributed by atoms with Crippen molar-refractivity contribution in [2.45, 2.75) is 30.2 Å². The number of aryl methyl sites for hydroxylation is 1. The van der Waals surface area contributed by atoms with Crippen LogP contribution in [0.25, 0.3) is 0 Å². The maximum atomic E-state index is 13.2. The second-order valence-electron chi connectivity index (χ2n) is 7.68. The van der Waals surface area contributed by atoms with Crippen molar-refractivity contribution in [1.82, 2.24) is 0 Å². The van der Waals surface area contributed by atoms with E-state index in [2.05, 4.69) is 17.4 Å². The fourth-order valence-corrected chi connectivity index (χ4v) is 4.40. The Morgan fingerprint density at radius 3 is 2.35 bits per heavy atom. The van der Waals surface area contributed by atoms with Crippen LogP contribution < -0.4 is 14.8 Å². The number of hydrogen-bond donors (Lipinski definition) is 1. The first kappa shape index (κ1) is 23.5. The van der Waals surface area contributed by atoms with Crippen LogP contribution in [-0.2, 0) is 6.61 Å². The number of carbonyl (C=O) groups excluding carboxylic acids is 1. The number of anilines is 1. The second-order valence-corrected chi connectivity index (χ2v) is 8.79. The summed E-state index contributed by atoms with van der Waals surface area (Å²) in [5.74, 6) is 1.35. The number of hydrogen-bond acceptors (Lipinski definition) is 4. The van der Waals surface area contributed by atoms with Gasteiger partial charge in [-0.15, -0.1) is 0 Å². The van der Waals surface area contributed by atoms with E-state index in [9.17, 15) is 4.79 Å². The average molecular weight is 470 g/mol. The highest BCUT2D eigenvalue weighted by Crippen LogP contribution is 2.33. The molecule has 0 unspecified atom stereocenters. The van der Waals surface area contributed by atoms with E-state index in [4.69, 9.17) is 9.47 Å². The largest absolute Gasteiger partial charge is 0.493 e. The van der Waals surface area contributed by atoms with Gasteiger partial charge in [-0.3, -0.25) is 4.79 Å². The number of nitrogens with one attached hydrogen (secondary N) is 1. The molecule has 0 aliphatic carbocycles. The molecule has 0 aromatic heterocycles. The van der Waals surface area contributed by atoms with Crippen molar-refractivity contribution >= 4 is 23.4 Å². The minimum atomic E-state index is -0.179. The molecule has 172 valence electrons. The molecule has 4 rings (SSSR count). The molecule has 0 aliphatic heterocycles. The van der Waals surface area contributed by atoms with Crippen LogP contribution in [0.15, 0.2) is 107 Å². The standard InChI is InChI=1S/C29H27NO3S/c1-3-32-27-18-17-22(19-23(27)20-33-26-15-9-7-11-21(26)2)29(31)30-25-14-8-10-16-28(25)34-24-12-5-4-6-13-24/h4-19H,3,20H2,1-2H3,(H,30,31). The van der Waals surface area contributed by atoms with Gasteiger partial charge in [0.2, 0.25) is 0 Å². The first-order valence-corrected chi connectivity index (χ1v) is 12.0. The monoisotopic (exact) mass is 469 g/mol. The third-order valence-corrected chi connectivity index (χ3v) is 6.29. The molecule has 0 aliphatic rings. The van der Waals surface area contributed by atoms with Gasteiger partial charge in [0, 0.05) is 20.9 Å². The quantitative estimate of drug-likeness (QED) is 0.278. The lowest BCUT2D eigenvalue weighted by molar-refractivity contribution is 0.102.